The molecule has 1 fully saturated rings. The Hall–Kier alpha value is -1.13. The topological polar surface area (TPSA) is 68.0 Å². The molecule has 21 heavy (non-hydrogen) atoms. The lowest BCUT2D eigenvalue weighted by Gasteiger charge is -2.36. The molecule has 3 N–H and O–H groups in total. The van der Waals surface area contributed by atoms with Gasteiger partial charge in [-0.15, -0.1) is 12.4 Å². The van der Waals surface area contributed by atoms with Gasteiger partial charge >= 0.3 is 0 Å². The highest BCUT2D eigenvalue weighted by Crippen LogP contribution is 2.38. The first-order valence-corrected chi connectivity index (χ1v) is 7.55. The van der Waals surface area contributed by atoms with Crippen LogP contribution in [0, 0.1) is 5.41 Å². The zero-order valence-electron chi connectivity index (χ0n) is 12.7. The van der Waals surface area contributed by atoms with E-state index in [-0.39, 0.29) is 29.8 Å². The summed E-state index contributed by atoms with van der Waals surface area (Å²) < 4.78 is 0. The summed E-state index contributed by atoms with van der Waals surface area (Å²) in [7, 11) is 0. The van der Waals surface area contributed by atoms with Crippen molar-refractivity contribution in [3.8, 4) is 0 Å². The molecule has 1 aliphatic carbocycles. The van der Waals surface area contributed by atoms with Crippen LogP contribution in [-0.2, 0) is 4.79 Å². The van der Waals surface area contributed by atoms with E-state index in [4.69, 9.17) is 5.73 Å². The predicted molar refractivity (Wildman–Crippen MR) is 87.2 cm³/mol. The Morgan fingerprint density at radius 3 is 2.71 bits per heavy atom. The van der Waals surface area contributed by atoms with E-state index >= 15 is 0 Å². The number of carbonyl (C=O) groups is 1. The van der Waals surface area contributed by atoms with Crippen molar-refractivity contribution >= 4 is 18.3 Å². The Labute approximate surface area is 133 Å². The molecular weight excluding hydrogens is 286 g/mol. The van der Waals surface area contributed by atoms with Crippen LogP contribution >= 0.6 is 12.4 Å². The highest BCUT2D eigenvalue weighted by Gasteiger charge is 2.33. The van der Waals surface area contributed by atoms with Crippen molar-refractivity contribution in [1.29, 1.82) is 0 Å². The minimum absolute atomic E-state index is 0. The molecule has 1 aromatic heterocycles. The molecule has 2 rings (SSSR count). The zero-order valence-corrected chi connectivity index (χ0v) is 13.5. The number of hydrogen-bond donors (Lipinski definition) is 2. The number of rotatable bonds is 5. The van der Waals surface area contributed by atoms with E-state index in [1.165, 1.54) is 19.3 Å². The van der Waals surface area contributed by atoms with E-state index in [1.807, 2.05) is 19.1 Å². The summed E-state index contributed by atoms with van der Waals surface area (Å²) in [5, 5.41) is 3.07. The number of nitrogens with two attached hydrogens (primary N) is 1. The molecule has 1 saturated carbocycles. The maximum Gasteiger partial charge on any atom is 0.221 e. The summed E-state index contributed by atoms with van der Waals surface area (Å²) in [5.41, 5.74) is 7.00. The molecule has 4 nitrogen and oxygen atoms in total. The maximum absolute atomic E-state index is 12.3. The second-order valence-corrected chi connectivity index (χ2v) is 6.02. The number of nitrogens with one attached hydrogen (secondary N) is 1. The molecule has 0 bridgehead atoms. The van der Waals surface area contributed by atoms with Crippen molar-refractivity contribution in [2.75, 3.05) is 6.54 Å². The maximum atomic E-state index is 12.3. The average Bonchev–Trinajstić information content (AvgIpc) is 2.49. The van der Waals surface area contributed by atoms with Gasteiger partial charge in [-0.2, -0.15) is 0 Å². The normalized spacial score (nSPS) is 18.4. The Kier molecular flexibility index (Phi) is 7.12. The number of hydrogen-bond acceptors (Lipinski definition) is 3. The minimum Gasteiger partial charge on any atom is -0.350 e. The lowest BCUT2D eigenvalue weighted by molar-refractivity contribution is -0.124. The van der Waals surface area contributed by atoms with Crippen LogP contribution in [-0.4, -0.2) is 17.4 Å². The summed E-state index contributed by atoms with van der Waals surface area (Å²) in [5.74, 6) is 0.105. The second kappa shape index (κ2) is 8.35. The summed E-state index contributed by atoms with van der Waals surface area (Å²) in [6, 6.07) is 3.87. The Balaban J connectivity index is 0.00000220. The van der Waals surface area contributed by atoms with E-state index in [0.29, 0.717) is 13.0 Å². The third-order valence-electron chi connectivity index (χ3n) is 4.44. The number of pyridine rings is 1. The molecule has 1 aromatic rings. The van der Waals surface area contributed by atoms with E-state index in [1.54, 1.807) is 12.4 Å². The first-order chi connectivity index (χ1) is 9.65. The fourth-order valence-corrected chi connectivity index (χ4v) is 3.10. The summed E-state index contributed by atoms with van der Waals surface area (Å²) in [6.07, 6.45) is 9.92. The fourth-order valence-electron chi connectivity index (χ4n) is 3.10. The summed E-state index contributed by atoms with van der Waals surface area (Å²) in [4.78, 5) is 16.4. The molecule has 5 heteroatoms. The van der Waals surface area contributed by atoms with Crippen molar-refractivity contribution in [1.82, 2.24) is 10.3 Å². The molecule has 1 atom stereocenters. The molecule has 118 valence electrons. The van der Waals surface area contributed by atoms with Crippen molar-refractivity contribution < 1.29 is 4.79 Å². The van der Waals surface area contributed by atoms with Gasteiger partial charge in [0.2, 0.25) is 5.91 Å². The molecule has 0 radical (unpaired) electrons. The molecule has 1 aliphatic rings. The Morgan fingerprint density at radius 2 is 2.14 bits per heavy atom. The highest BCUT2D eigenvalue weighted by atomic mass is 35.5. The van der Waals surface area contributed by atoms with Crippen LogP contribution in [0.5, 0.6) is 0 Å². The number of nitrogens with zero attached hydrogens (tertiary/aromatic N) is 1. The van der Waals surface area contributed by atoms with Crippen LogP contribution in [0.3, 0.4) is 0 Å². The van der Waals surface area contributed by atoms with Crippen molar-refractivity contribution in [2.45, 2.75) is 51.5 Å². The molecule has 0 spiro atoms. The molecule has 0 aromatic carbocycles. The molecular formula is C16H26ClN3O. The van der Waals surface area contributed by atoms with E-state index in [2.05, 4.69) is 10.3 Å². The van der Waals surface area contributed by atoms with Gasteiger partial charge in [0.15, 0.2) is 0 Å². The van der Waals surface area contributed by atoms with Gasteiger partial charge in [0.1, 0.15) is 0 Å². The van der Waals surface area contributed by atoms with Crippen molar-refractivity contribution in [3.05, 3.63) is 30.1 Å². The monoisotopic (exact) mass is 311 g/mol. The van der Waals surface area contributed by atoms with Crippen LogP contribution < -0.4 is 11.1 Å². The molecule has 0 aliphatic heterocycles. The highest BCUT2D eigenvalue weighted by molar-refractivity contribution is 5.85. The smallest absolute Gasteiger partial charge is 0.221 e. The third kappa shape index (κ3) is 4.97. The lowest BCUT2D eigenvalue weighted by Crippen LogP contribution is -2.39. The number of carbonyl (C=O) groups excluding carboxylic acids is 1. The standard InChI is InChI=1S/C16H25N3O.ClH/c1-13(14-6-5-9-18-11-14)19-15(20)10-16(12-17)7-3-2-4-8-16;/h5-6,9,11,13H,2-4,7-8,10,12,17H2,1H3,(H,19,20);1H. The quantitative estimate of drug-likeness (QED) is 0.878. The van der Waals surface area contributed by atoms with Crippen LogP contribution in [0.1, 0.15) is 57.1 Å². The molecule has 1 heterocycles. The average molecular weight is 312 g/mol. The van der Waals surface area contributed by atoms with Gasteiger partial charge in [-0.25, -0.2) is 0 Å². The zero-order chi connectivity index (χ0) is 14.4. The first kappa shape index (κ1) is 17.9. The molecule has 0 saturated heterocycles. The first-order valence-electron chi connectivity index (χ1n) is 7.55. The predicted octanol–water partition coefficient (Wildman–Crippen LogP) is 2.98. The van der Waals surface area contributed by atoms with Crippen molar-refractivity contribution in [3.63, 3.8) is 0 Å². The van der Waals surface area contributed by atoms with Gasteiger partial charge in [0.25, 0.3) is 0 Å². The van der Waals surface area contributed by atoms with E-state index in [0.717, 1.165) is 18.4 Å². The van der Waals surface area contributed by atoms with Crippen molar-refractivity contribution in [2.24, 2.45) is 11.1 Å². The Bertz CT molecular complexity index is 432. The van der Waals surface area contributed by atoms with Gasteiger partial charge in [-0.3, -0.25) is 9.78 Å². The van der Waals surface area contributed by atoms with E-state index in [9.17, 15) is 4.79 Å². The number of halogens is 1. The van der Waals surface area contributed by atoms with Crippen LogP contribution in [0.4, 0.5) is 0 Å². The largest absolute Gasteiger partial charge is 0.350 e. The fraction of sp³-hybridized carbons (Fsp3) is 0.625. The van der Waals surface area contributed by atoms with Crippen LogP contribution in [0.25, 0.3) is 0 Å². The van der Waals surface area contributed by atoms with Gasteiger partial charge in [-0.1, -0.05) is 25.3 Å². The van der Waals surface area contributed by atoms with Crippen LogP contribution in [0.2, 0.25) is 0 Å². The third-order valence-corrected chi connectivity index (χ3v) is 4.44. The number of amides is 1. The van der Waals surface area contributed by atoms with Gasteiger partial charge in [0.05, 0.1) is 6.04 Å². The lowest BCUT2D eigenvalue weighted by atomic mass is 9.71. The van der Waals surface area contributed by atoms with Crippen LogP contribution in [0.15, 0.2) is 24.5 Å². The summed E-state index contributed by atoms with van der Waals surface area (Å²) in [6.45, 7) is 2.60. The Morgan fingerprint density at radius 1 is 1.43 bits per heavy atom. The second-order valence-electron chi connectivity index (χ2n) is 6.02. The SMILES string of the molecule is CC(NC(=O)CC1(CN)CCCCC1)c1cccnc1.Cl. The summed E-state index contributed by atoms with van der Waals surface area (Å²) >= 11 is 0. The van der Waals surface area contributed by atoms with Gasteiger partial charge < -0.3 is 11.1 Å². The number of aromatic nitrogens is 1. The molecule has 1 amide bonds. The molecule has 1 unspecified atom stereocenters. The van der Waals surface area contributed by atoms with Gasteiger partial charge in [-0.05, 0) is 43.4 Å². The van der Waals surface area contributed by atoms with E-state index < -0.39 is 0 Å². The van der Waals surface area contributed by atoms with Gasteiger partial charge in [0, 0.05) is 18.8 Å². The minimum atomic E-state index is -0.00499.